The second-order valence-corrected chi connectivity index (χ2v) is 6.20. The molecule has 0 aliphatic carbocycles. The molecule has 0 aromatic heterocycles. The van der Waals surface area contributed by atoms with Gasteiger partial charge in [0.05, 0.1) is 13.1 Å². The normalized spacial score (nSPS) is 16.1. The molecule has 1 fully saturated rings. The molecule has 0 saturated carbocycles. The fraction of sp³-hybridized carbons (Fsp3) is 0.467. The van der Waals surface area contributed by atoms with Crippen LogP contribution in [0.15, 0.2) is 18.2 Å². The lowest BCUT2D eigenvalue weighted by Crippen LogP contribution is -2.51. The van der Waals surface area contributed by atoms with Crippen molar-refractivity contribution in [1.29, 1.82) is 0 Å². The van der Waals surface area contributed by atoms with Crippen LogP contribution < -0.4 is 15.5 Å². The molecular formula is C15H20FN3O2. The molecule has 5 nitrogen and oxygen atoms in total. The van der Waals surface area contributed by atoms with Gasteiger partial charge < -0.3 is 10.2 Å². The van der Waals surface area contributed by atoms with Crippen molar-refractivity contribution in [2.45, 2.75) is 32.9 Å². The Kier molecular flexibility index (Phi) is 4.27. The SMILES string of the molecule is CC(C)(C)NCc1cc(F)ccc1N1CC(=O)NC(=O)C1. The lowest BCUT2D eigenvalue weighted by atomic mass is 10.1. The molecule has 0 spiro atoms. The summed E-state index contributed by atoms with van der Waals surface area (Å²) >= 11 is 0. The molecule has 114 valence electrons. The van der Waals surface area contributed by atoms with Gasteiger partial charge in [0.2, 0.25) is 11.8 Å². The summed E-state index contributed by atoms with van der Waals surface area (Å²) in [4.78, 5) is 24.6. The van der Waals surface area contributed by atoms with Crippen molar-refractivity contribution in [1.82, 2.24) is 10.6 Å². The van der Waals surface area contributed by atoms with Crippen LogP contribution in [-0.4, -0.2) is 30.4 Å². The second kappa shape index (κ2) is 5.81. The van der Waals surface area contributed by atoms with E-state index in [4.69, 9.17) is 0 Å². The third-order valence-electron chi connectivity index (χ3n) is 3.14. The molecular weight excluding hydrogens is 273 g/mol. The summed E-state index contributed by atoms with van der Waals surface area (Å²) in [5.41, 5.74) is 1.32. The number of anilines is 1. The van der Waals surface area contributed by atoms with Gasteiger partial charge in [-0.25, -0.2) is 4.39 Å². The number of carbonyl (C=O) groups excluding carboxylic acids is 2. The highest BCUT2D eigenvalue weighted by Gasteiger charge is 2.24. The Morgan fingerprint density at radius 2 is 1.86 bits per heavy atom. The Morgan fingerprint density at radius 1 is 1.24 bits per heavy atom. The van der Waals surface area contributed by atoms with E-state index in [1.54, 1.807) is 11.0 Å². The highest BCUT2D eigenvalue weighted by molar-refractivity contribution is 6.02. The van der Waals surface area contributed by atoms with E-state index >= 15 is 0 Å². The van der Waals surface area contributed by atoms with E-state index in [0.29, 0.717) is 12.2 Å². The molecule has 0 bridgehead atoms. The number of nitrogens with one attached hydrogen (secondary N) is 2. The van der Waals surface area contributed by atoms with Crippen molar-refractivity contribution < 1.29 is 14.0 Å². The number of amides is 2. The molecule has 1 aromatic rings. The zero-order valence-electron chi connectivity index (χ0n) is 12.5. The smallest absolute Gasteiger partial charge is 0.246 e. The van der Waals surface area contributed by atoms with Crippen LogP contribution >= 0.6 is 0 Å². The standard InChI is InChI=1S/C15H20FN3O2/c1-15(2,3)17-7-10-6-11(16)4-5-12(10)19-8-13(20)18-14(21)9-19/h4-6,17H,7-9H2,1-3H3,(H,18,20,21). The first-order chi connectivity index (χ1) is 9.74. The van der Waals surface area contributed by atoms with Crippen LogP contribution in [0, 0.1) is 5.82 Å². The molecule has 1 heterocycles. The minimum atomic E-state index is -0.342. The Labute approximate surface area is 123 Å². The summed E-state index contributed by atoms with van der Waals surface area (Å²) in [5.74, 6) is -1.02. The van der Waals surface area contributed by atoms with E-state index in [-0.39, 0.29) is 36.3 Å². The molecule has 21 heavy (non-hydrogen) atoms. The predicted molar refractivity (Wildman–Crippen MR) is 78.4 cm³/mol. The first-order valence-electron chi connectivity index (χ1n) is 6.86. The number of imide groups is 1. The molecule has 2 N–H and O–H groups in total. The number of hydrogen-bond acceptors (Lipinski definition) is 4. The third-order valence-corrected chi connectivity index (χ3v) is 3.14. The maximum atomic E-state index is 13.5. The van der Waals surface area contributed by atoms with Gasteiger partial charge in [0.1, 0.15) is 5.82 Å². The Hall–Kier alpha value is -1.95. The molecule has 0 atom stereocenters. The fourth-order valence-corrected chi connectivity index (χ4v) is 2.17. The fourth-order valence-electron chi connectivity index (χ4n) is 2.17. The van der Waals surface area contributed by atoms with Gasteiger partial charge >= 0.3 is 0 Å². The van der Waals surface area contributed by atoms with E-state index in [9.17, 15) is 14.0 Å². The first kappa shape index (κ1) is 15.4. The van der Waals surface area contributed by atoms with E-state index in [1.807, 2.05) is 20.8 Å². The number of halogens is 1. The van der Waals surface area contributed by atoms with Crippen LogP contribution in [0.25, 0.3) is 0 Å². The van der Waals surface area contributed by atoms with Crippen LogP contribution in [0.5, 0.6) is 0 Å². The molecule has 1 aromatic carbocycles. The van der Waals surface area contributed by atoms with Gasteiger partial charge in [-0.05, 0) is 44.5 Å². The van der Waals surface area contributed by atoms with Gasteiger partial charge in [0.25, 0.3) is 0 Å². The summed E-state index contributed by atoms with van der Waals surface area (Å²) in [6.45, 7) is 6.71. The zero-order valence-corrected chi connectivity index (χ0v) is 12.5. The summed E-state index contributed by atoms with van der Waals surface area (Å²) in [7, 11) is 0. The summed E-state index contributed by atoms with van der Waals surface area (Å²) in [6.07, 6.45) is 0. The molecule has 6 heteroatoms. The summed E-state index contributed by atoms with van der Waals surface area (Å²) in [6, 6.07) is 4.39. The van der Waals surface area contributed by atoms with Gasteiger partial charge in [0.15, 0.2) is 0 Å². The quantitative estimate of drug-likeness (QED) is 0.822. The monoisotopic (exact) mass is 293 g/mol. The number of benzene rings is 1. The second-order valence-electron chi connectivity index (χ2n) is 6.20. The highest BCUT2D eigenvalue weighted by Crippen LogP contribution is 2.23. The number of rotatable bonds is 3. The molecule has 0 radical (unpaired) electrons. The van der Waals surface area contributed by atoms with Gasteiger partial charge in [-0.15, -0.1) is 0 Å². The van der Waals surface area contributed by atoms with Crippen LogP contribution in [-0.2, 0) is 16.1 Å². The molecule has 1 saturated heterocycles. The summed E-state index contributed by atoms with van der Waals surface area (Å²) < 4.78 is 13.5. The Bertz CT molecular complexity index is 551. The Morgan fingerprint density at radius 3 is 2.43 bits per heavy atom. The third kappa shape index (κ3) is 4.26. The number of carbonyl (C=O) groups is 2. The number of nitrogens with zero attached hydrogens (tertiary/aromatic N) is 1. The lowest BCUT2D eigenvalue weighted by Gasteiger charge is -2.30. The van der Waals surface area contributed by atoms with Crippen molar-refractivity contribution in [2.75, 3.05) is 18.0 Å². The largest absolute Gasteiger partial charge is 0.353 e. The van der Waals surface area contributed by atoms with Crippen molar-refractivity contribution in [3.8, 4) is 0 Å². The van der Waals surface area contributed by atoms with E-state index in [0.717, 1.165) is 5.56 Å². The average molecular weight is 293 g/mol. The zero-order chi connectivity index (χ0) is 15.6. The summed E-state index contributed by atoms with van der Waals surface area (Å²) in [5, 5.41) is 5.55. The molecule has 2 rings (SSSR count). The van der Waals surface area contributed by atoms with Crippen LogP contribution in [0.2, 0.25) is 0 Å². The Balaban J connectivity index is 2.25. The van der Waals surface area contributed by atoms with E-state index in [2.05, 4.69) is 10.6 Å². The number of piperazine rings is 1. The molecule has 2 amide bonds. The van der Waals surface area contributed by atoms with Gasteiger partial charge in [-0.2, -0.15) is 0 Å². The van der Waals surface area contributed by atoms with Crippen LogP contribution in [0.1, 0.15) is 26.3 Å². The van der Waals surface area contributed by atoms with Crippen molar-refractivity contribution in [3.05, 3.63) is 29.6 Å². The predicted octanol–water partition coefficient (Wildman–Crippen LogP) is 1.18. The van der Waals surface area contributed by atoms with Crippen molar-refractivity contribution in [2.24, 2.45) is 0 Å². The van der Waals surface area contributed by atoms with Gasteiger partial charge in [0, 0.05) is 17.8 Å². The van der Waals surface area contributed by atoms with Crippen molar-refractivity contribution >= 4 is 17.5 Å². The lowest BCUT2D eigenvalue weighted by molar-refractivity contribution is -0.130. The maximum absolute atomic E-state index is 13.5. The van der Waals surface area contributed by atoms with Crippen LogP contribution in [0.3, 0.4) is 0 Å². The van der Waals surface area contributed by atoms with Gasteiger partial charge in [-0.3, -0.25) is 14.9 Å². The van der Waals surface area contributed by atoms with E-state index in [1.165, 1.54) is 12.1 Å². The maximum Gasteiger partial charge on any atom is 0.246 e. The molecule has 1 aliphatic heterocycles. The minimum Gasteiger partial charge on any atom is -0.353 e. The van der Waals surface area contributed by atoms with Crippen molar-refractivity contribution in [3.63, 3.8) is 0 Å². The molecule has 0 unspecified atom stereocenters. The van der Waals surface area contributed by atoms with E-state index < -0.39 is 0 Å². The highest BCUT2D eigenvalue weighted by atomic mass is 19.1. The number of hydrogen-bond donors (Lipinski definition) is 2. The average Bonchev–Trinajstić information content (AvgIpc) is 2.34. The first-order valence-corrected chi connectivity index (χ1v) is 6.86. The minimum absolute atomic E-state index is 0.0971. The van der Waals surface area contributed by atoms with Crippen LogP contribution in [0.4, 0.5) is 10.1 Å². The van der Waals surface area contributed by atoms with Gasteiger partial charge in [-0.1, -0.05) is 0 Å². The molecule has 1 aliphatic rings. The topological polar surface area (TPSA) is 61.4 Å².